The van der Waals surface area contributed by atoms with Gasteiger partial charge < -0.3 is 10.6 Å². The maximum Gasteiger partial charge on any atom is 0.232 e. The molecule has 1 aromatic rings. The monoisotopic (exact) mass is 310 g/mol. The van der Waals surface area contributed by atoms with Crippen molar-refractivity contribution in [3.8, 4) is 11.8 Å². The van der Waals surface area contributed by atoms with Crippen LogP contribution in [0.1, 0.15) is 31.2 Å². The van der Waals surface area contributed by atoms with E-state index in [4.69, 9.17) is 5.73 Å². The maximum atomic E-state index is 12.0. The summed E-state index contributed by atoms with van der Waals surface area (Å²) in [5, 5.41) is 2.00. The van der Waals surface area contributed by atoms with Crippen LogP contribution < -0.4 is 5.73 Å². The second-order valence-electron chi connectivity index (χ2n) is 5.46. The summed E-state index contributed by atoms with van der Waals surface area (Å²) >= 11 is 3.30. The largest absolute Gasteiger partial charge is 0.340 e. The van der Waals surface area contributed by atoms with Gasteiger partial charge in [0.1, 0.15) is 0 Å². The van der Waals surface area contributed by atoms with Crippen molar-refractivity contribution < 1.29 is 4.79 Å². The molecule has 1 amide bonds. The van der Waals surface area contributed by atoms with E-state index in [1.54, 1.807) is 28.0 Å². The summed E-state index contributed by atoms with van der Waals surface area (Å²) < 4.78 is 0.115. The predicted octanol–water partition coefficient (Wildman–Crippen LogP) is 2.55. The van der Waals surface area contributed by atoms with Gasteiger partial charge in [-0.25, -0.2) is 0 Å². The van der Waals surface area contributed by atoms with Crippen LogP contribution in [-0.4, -0.2) is 34.9 Å². The Kier molecular flexibility index (Phi) is 6.60. The van der Waals surface area contributed by atoms with E-state index >= 15 is 0 Å². The molecule has 0 unspecified atom stereocenters. The minimum atomic E-state index is 0.115. The Bertz CT molecular complexity index is 506. The van der Waals surface area contributed by atoms with Gasteiger partial charge >= 0.3 is 0 Å². The predicted molar refractivity (Wildman–Crippen MR) is 88.9 cm³/mol. The highest BCUT2D eigenvalue weighted by Gasteiger charge is 2.16. The molecule has 0 bridgehead atoms. The second kappa shape index (κ2) is 7.72. The summed E-state index contributed by atoms with van der Waals surface area (Å²) in [5.74, 6) is 6.51. The molecule has 0 aliphatic carbocycles. The van der Waals surface area contributed by atoms with Crippen molar-refractivity contribution in [3.05, 3.63) is 21.9 Å². The van der Waals surface area contributed by atoms with Gasteiger partial charge in [-0.05, 0) is 6.07 Å². The first kappa shape index (κ1) is 17.1. The molecule has 0 atom stereocenters. The standard InChI is InChI=1S/C15H22N2OS2/c1-15(2,3)20-11-14(18)17(4)9-13-8-12(10-19-13)6-5-7-16/h8,10H,7,9,11,16H2,1-4H3. The van der Waals surface area contributed by atoms with Crippen molar-refractivity contribution in [1.82, 2.24) is 4.90 Å². The van der Waals surface area contributed by atoms with Crippen LogP contribution in [0.3, 0.4) is 0 Å². The van der Waals surface area contributed by atoms with Gasteiger partial charge in [-0.3, -0.25) is 4.79 Å². The Balaban J connectivity index is 2.51. The quantitative estimate of drug-likeness (QED) is 0.869. The molecule has 1 heterocycles. The van der Waals surface area contributed by atoms with Crippen molar-refractivity contribution in [2.24, 2.45) is 5.73 Å². The van der Waals surface area contributed by atoms with Gasteiger partial charge in [-0.2, -0.15) is 0 Å². The van der Waals surface area contributed by atoms with Crippen molar-refractivity contribution >= 4 is 29.0 Å². The van der Waals surface area contributed by atoms with Gasteiger partial charge in [0, 0.05) is 27.6 Å². The van der Waals surface area contributed by atoms with Gasteiger partial charge in [0.05, 0.1) is 18.8 Å². The zero-order chi connectivity index (χ0) is 15.2. The van der Waals surface area contributed by atoms with Crippen LogP contribution >= 0.6 is 23.1 Å². The van der Waals surface area contributed by atoms with E-state index in [1.165, 1.54) is 0 Å². The van der Waals surface area contributed by atoms with E-state index in [0.717, 1.165) is 10.4 Å². The topological polar surface area (TPSA) is 46.3 Å². The lowest BCUT2D eigenvalue weighted by atomic mass is 10.3. The number of nitrogens with zero attached hydrogens (tertiary/aromatic N) is 1. The molecule has 0 aliphatic heterocycles. The number of thioether (sulfide) groups is 1. The number of carbonyl (C=O) groups excluding carboxylic acids is 1. The minimum absolute atomic E-state index is 0.115. The number of carbonyl (C=O) groups is 1. The number of thiophene rings is 1. The average Bonchev–Trinajstić information content (AvgIpc) is 2.80. The fourth-order valence-electron chi connectivity index (χ4n) is 1.39. The van der Waals surface area contributed by atoms with Crippen LogP contribution in [0.15, 0.2) is 11.4 Å². The molecule has 0 radical (unpaired) electrons. The van der Waals surface area contributed by atoms with Crippen LogP contribution in [0.25, 0.3) is 0 Å². The zero-order valence-corrected chi connectivity index (χ0v) is 14.2. The van der Waals surface area contributed by atoms with E-state index in [1.807, 2.05) is 18.5 Å². The Morgan fingerprint density at radius 3 is 2.80 bits per heavy atom. The third-order valence-electron chi connectivity index (χ3n) is 2.44. The van der Waals surface area contributed by atoms with E-state index in [0.29, 0.717) is 18.8 Å². The molecular formula is C15H22N2OS2. The molecule has 0 aliphatic rings. The third-order valence-corrected chi connectivity index (χ3v) is 4.61. The van der Waals surface area contributed by atoms with Crippen LogP contribution in [0.2, 0.25) is 0 Å². The number of nitrogens with two attached hydrogens (primary N) is 1. The highest BCUT2D eigenvalue weighted by Crippen LogP contribution is 2.23. The van der Waals surface area contributed by atoms with Gasteiger partial charge in [-0.15, -0.1) is 23.1 Å². The van der Waals surface area contributed by atoms with Crippen molar-refractivity contribution in [1.29, 1.82) is 0 Å². The summed E-state index contributed by atoms with van der Waals surface area (Å²) in [7, 11) is 1.84. The molecule has 1 rings (SSSR count). The number of rotatable bonds is 4. The normalized spacial score (nSPS) is 10.8. The number of hydrogen-bond donors (Lipinski definition) is 1. The van der Waals surface area contributed by atoms with E-state index in [-0.39, 0.29) is 10.7 Å². The second-order valence-corrected chi connectivity index (χ2v) is 8.26. The molecule has 110 valence electrons. The van der Waals surface area contributed by atoms with Gasteiger partial charge in [0.15, 0.2) is 0 Å². The first-order chi connectivity index (χ1) is 9.31. The molecule has 5 heteroatoms. The fraction of sp³-hybridized carbons (Fsp3) is 0.533. The van der Waals surface area contributed by atoms with E-state index in [9.17, 15) is 4.79 Å². The smallest absolute Gasteiger partial charge is 0.232 e. The molecule has 2 N–H and O–H groups in total. The molecule has 0 spiro atoms. The van der Waals surface area contributed by atoms with Crippen molar-refractivity contribution in [3.63, 3.8) is 0 Å². The highest BCUT2D eigenvalue weighted by atomic mass is 32.2. The molecule has 20 heavy (non-hydrogen) atoms. The van der Waals surface area contributed by atoms with Crippen LogP contribution in [0.5, 0.6) is 0 Å². The summed E-state index contributed by atoms with van der Waals surface area (Å²) in [6, 6.07) is 2.02. The van der Waals surface area contributed by atoms with Gasteiger partial charge in [0.2, 0.25) is 5.91 Å². The molecule has 1 aromatic heterocycles. The number of hydrogen-bond acceptors (Lipinski definition) is 4. The summed E-state index contributed by atoms with van der Waals surface area (Å²) in [6.07, 6.45) is 0. The van der Waals surface area contributed by atoms with Crippen molar-refractivity contribution in [2.75, 3.05) is 19.3 Å². The summed E-state index contributed by atoms with van der Waals surface area (Å²) in [4.78, 5) is 14.9. The van der Waals surface area contributed by atoms with Crippen molar-refractivity contribution in [2.45, 2.75) is 32.1 Å². The minimum Gasteiger partial charge on any atom is -0.340 e. The lowest BCUT2D eigenvalue weighted by Crippen LogP contribution is -2.28. The average molecular weight is 310 g/mol. The maximum absolute atomic E-state index is 12.0. The van der Waals surface area contributed by atoms with E-state index < -0.39 is 0 Å². The Morgan fingerprint density at radius 2 is 2.20 bits per heavy atom. The van der Waals surface area contributed by atoms with Gasteiger partial charge in [0.25, 0.3) is 0 Å². The SMILES string of the molecule is CN(Cc1cc(C#CCN)cs1)C(=O)CSC(C)(C)C. The lowest BCUT2D eigenvalue weighted by molar-refractivity contribution is -0.127. The first-order valence-electron chi connectivity index (χ1n) is 6.46. The zero-order valence-electron chi connectivity index (χ0n) is 12.5. The molecular weight excluding hydrogens is 288 g/mol. The van der Waals surface area contributed by atoms with Crippen LogP contribution in [0, 0.1) is 11.8 Å². The molecule has 0 saturated carbocycles. The Hall–Kier alpha value is -0.960. The Labute approximate surface area is 129 Å². The fourth-order valence-corrected chi connectivity index (χ4v) is 3.04. The molecule has 3 nitrogen and oxygen atoms in total. The lowest BCUT2D eigenvalue weighted by Gasteiger charge is -2.20. The molecule has 0 aromatic carbocycles. The number of amides is 1. The van der Waals surface area contributed by atoms with Crippen LogP contribution in [0.4, 0.5) is 0 Å². The third kappa shape index (κ3) is 6.47. The Morgan fingerprint density at radius 1 is 1.50 bits per heavy atom. The van der Waals surface area contributed by atoms with Gasteiger partial charge in [-0.1, -0.05) is 32.6 Å². The van der Waals surface area contributed by atoms with Crippen LogP contribution in [-0.2, 0) is 11.3 Å². The first-order valence-corrected chi connectivity index (χ1v) is 8.32. The highest BCUT2D eigenvalue weighted by molar-refractivity contribution is 8.01. The summed E-state index contributed by atoms with van der Waals surface area (Å²) in [6.45, 7) is 7.36. The molecule has 0 saturated heterocycles. The van der Waals surface area contributed by atoms with E-state index in [2.05, 4.69) is 32.6 Å². The molecule has 0 fully saturated rings. The summed E-state index contributed by atoms with van der Waals surface area (Å²) in [5.41, 5.74) is 6.32.